The highest BCUT2D eigenvalue weighted by molar-refractivity contribution is 6.26. The van der Waals surface area contributed by atoms with Crippen molar-refractivity contribution in [3.63, 3.8) is 0 Å². The lowest BCUT2D eigenvalue weighted by Gasteiger charge is -2.11. The predicted octanol–water partition coefficient (Wildman–Crippen LogP) is 5.05. The molecule has 6 heteroatoms. The van der Waals surface area contributed by atoms with Crippen molar-refractivity contribution in [2.24, 2.45) is 15.0 Å². The lowest BCUT2D eigenvalue weighted by atomic mass is 9.93. The standard InChI is InChI=1S/C21H9N3O3/c25-10-22-13-1-4-16-19(7-13)17-5-2-15(24-12-27)9-21(17)18-6-3-14(23-11-26)8-20(16)18/h1-9H. The van der Waals surface area contributed by atoms with E-state index in [-0.39, 0.29) is 0 Å². The number of benzene rings is 4. The monoisotopic (exact) mass is 351 g/mol. The molecule has 4 aromatic rings. The molecule has 0 saturated heterocycles. The molecule has 0 spiro atoms. The molecule has 0 saturated carbocycles. The number of hydrogen-bond acceptors (Lipinski definition) is 6. The number of rotatable bonds is 3. The van der Waals surface area contributed by atoms with Crippen LogP contribution in [0.15, 0.2) is 69.6 Å². The summed E-state index contributed by atoms with van der Waals surface area (Å²) in [4.78, 5) is 43.0. The van der Waals surface area contributed by atoms with Gasteiger partial charge in [-0.05, 0) is 68.7 Å². The molecule has 6 nitrogen and oxygen atoms in total. The Hall–Kier alpha value is -4.20. The van der Waals surface area contributed by atoms with Crippen LogP contribution in [0.3, 0.4) is 0 Å². The van der Waals surface area contributed by atoms with E-state index in [0.717, 1.165) is 32.3 Å². The minimum absolute atomic E-state index is 0.482. The maximum atomic E-state index is 10.6. The largest absolute Gasteiger partial charge is 0.240 e. The molecule has 0 fully saturated rings. The SMILES string of the molecule is O=C=Nc1ccc2c(c1)c1ccc(N=C=O)cc1c1ccc(N=C=O)cc21. The number of fused-ring (bicyclic) bond motifs is 6. The Morgan fingerprint density at radius 2 is 0.741 bits per heavy atom. The van der Waals surface area contributed by atoms with Crippen molar-refractivity contribution >= 4 is 67.6 Å². The number of isocyanates is 3. The first-order valence-corrected chi connectivity index (χ1v) is 7.92. The van der Waals surface area contributed by atoms with Gasteiger partial charge in [0.2, 0.25) is 18.2 Å². The lowest BCUT2D eigenvalue weighted by Crippen LogP contribution is -1.83. The van der Waals surface area contributed by atoms with Gasteiger partial charge in [-0.25, -0.2) is 14.4 Å². The highest BCUT2D eigenvalue weighted by atomic mass is 16.1. The van der Waals surface area contributed by atoms with E-state index in [2.05, 4.69) is 15.0 Å². The summed E-state index contributed by atoms with van der Waals surface area (Å²) < 4.78 is 0. The van der Waals surface area contributed by atoms with Gasteiger partial charge in [-0.15, -0.1) is 0 Å². The molecule has 4 rings (SSSR count). The van der Waals surface area contributed by atoms with Crippen LogP contribution in [0.2, 0.25) is 0 Å². The Labute approximate surface area is 152 Å². The van der Waals surface area contributed by atoms with Crippen LogP contribution < -0.4 is 0 Å². The van der Waals surface area contributed by atoms with Gasteiger partial charge in [-0.1, -0.05) is 18.2 Å². The Kier molecular flexibility index (Phi) is 3.98. The van der Waals surface area contributed by atoms with Crippen molar-refractivity contribution in [1.82, 2.24) is 0 Å². The van der Waals surface area contributed by atoms with Crippen LogP contribution >= 0.6 is 0 Å². The van der Waals surface area contributed by atoms with Gasteiger partial charge >= 0.3 is 0 Å². The maximum absolute atomic E-state index is 10.6. The smallest absolute Gasteiger partial charge is 0.211 e. The second-order valence-corrected chi connectivity index (χ2v) is 5.80. The van der Waals surface area contributed by atoms with E-state index in [4.69, 9.17) is 0 Å². The summed E-state index contributed by atoms with van der Waals surface area (Å²) in [6, 6.07) is 16.1. The van der Waals surface area contributed by atoms with Crippen LogP contribution in [0.25, 0.3) is 32.3 Å². The Balaban J connectivity index is 2.25. The first-order chi connectivity index (χ1) is 13.2. The van der Waals surface area contributed by atoms with Crippen molar-refractivity contribution in [2.75, 3.05) is 0 Å². The lowest BCUT2D eigenvalue weighted by molar-refractivity contribution is 0.564. The molecule has 0 atom stereocenters. The molecule has 0 N–H and O–H groups in total. The van der Waals surface area contributed by atoms with Crippen LogP contribution in [0, 0.1) is 0 Å². The zero-order valence-corrected chi connectivity index (χ0v) is 13.8. The molecule has 27 heavy (non-hydrogen) atoms. The molecule has 0 amide bonds. The fourth-order valence-electron chi connectivity index (χ4n) is 3.34. The molecule has 0 radical (unpaired) electrons. The van der Waals surface area contributed by atoms with Crippen LogP contribution in [-0.2, 0) is 14.4 Å². The van der Waals surface area contributed by atoms with E-state index in [1.54, 1.807) is 54.6 Å². The van der Waals surface area contributed by atoms with Crippen LogP contribution in [0.4, 0.5) is 17.1 Å². The average Bonchev–Trinajstić information content (AvgIpc) is 2.69. The topological polar surface area (TPSA) is 88.3 Å². The third-order valence-corrected chi connectivity index (χ3v) is 4.40. The molecule has 4 aromatic carbocycles. The third kappa shape index (κ3) is 2.74. The van der Waals surface area contributed by atoms with E-state index in [9.17, 15) is 14.4 Å². The molecule has 126 valence electrons. The molecule has 0 aromatic heterocycles. The van der Waals surface area contributed by atoms with Crippen LogP contribution in [-0.4, -0.2) is 18.2 Å². The van der Waals surface area contributed by atoms with Gasteiger partial charge in [0.05, 0.1) is 17.1 Å². The number of aliphatic imine (C=N–C) groups is 3. The van der Waals surface area contributed by atoms with E-state index >= 15 is 0 Å². The van der Waals surface area contributed by atoms with E-state index in [1.807, 2.05) is 18.2 Å². The molecular formula is C21H9N3O3. The van der Waals surface area contributed by atoms with E-state index in [1.165, 1.54) is 0 Å². The van der Waals surface area contributed by atoms with Crippen molar-refractivity contribution in [1.29, 1.82) is 0 Å². The zero-order chi connectivity index (χ0) is 18.8. The summed E-state index contributed by atoms with van der Waals surface area (Å²) in [6.45, 7) is 0. The Morgan fingerprint density at radius 1 is 0.444 bits per heavy atom. The molecule has 0 unspecified atom stereocenters. The van der Waals surface area contributed by atoms with Gasteiger partial charge in [0.15, 0.2) is 0 Å². The van der Waals surface area contributed by atoms with Crippen molar-refractivity contribution in [2.45, 2.75) is 0 Å². The van der Waals surface area contributed by atoms with Gasteiger partial charge in [-0.2, -0.15) is 15.0 Å². The second kappa shape index (κ2) is 6.60. The minimum Gasteiger partial charge on any atom is -0.211 e. The molecule has 0 heterocycles. The number of nitrogens with zero attached hydrogens (tertiary/aromatic N) is 3. The summed E-state index contributed by atoms with van der Waals surface area (Å²) in [6.07, 6.45) is 4.63. The summed E-state index contributed by atoms with van der Waals surface area (Å²) in [5, 5.41) is 5.33. The first-order valence-electron chi connectivity index (χ1n) is 7.92. The van der Waals surface area contributed by atoms with Crippen molar-refractivity contribution in [3.8, 4) is 0 Å². The molecule has 0 aliphatic heterocycles. The molecule has 0 bridgehead atoms. The quantitative estimate of drug-likeness (QED) is 0.294. The summed E-state index contributed by atoms with van der Waals surface area (Å²) in [5.74, 6) is 0. The zero-order valence-electron chi connectivity index (χ0n) is 13.8. The van der Waals surface area contributed by atoms with Gasteiger partial charge in [0.25, 0.3) is 0 Å². The first kappa shape index (κ1) is 16.3. The van der Waals surface area contributed by atoms with Crippen LogP contribution in [0.1, 0.15) is 0 Å². The number of carbonyl (C=O) groups excluding carboxylic acids is 3. The van der Waals surface area contributed by atoms with Gasteiger partial charge < -0.3 is 0 Å². The Bertz CT molecular complexity index is 1190. The minimum atomic E-state index is 0.482. The fraction of sp³-hybridized carbons (Fsp3) is 0. The normalized spacial score (nSPS) is 10.2. The summed E-state index contributed by atoms with van der Waals surface area (Å²) >= 11 is 0. The van der Waals surface area contributed by atoms with Gasteiger partial charge in [0, 0.05) is 0 Å². The van der Waals surface area contributed by atoms with Crippen molar-refractivity contribution in [3.05, 3.63) is 54.6 Å². The van der Waals surface area contributed by atoms with Crippen LogP contribution in [0.5, 0.6) is 0 Å². The molecular weight excluding hydrogens is 342 g/mol. The van der Waals surface area contributed by atoms with Crippen molar-refractivity contribution < 1.29 is 14.4 Å². The Morgan fingerprint density at radius 3 is 1.00 bits per heavy atom. The number of hydrogen-bond donors (Lipinski definition) is 0. The highest BCUT2D eigenvalue weighted by Gasteiger charge is 2.11. The third-order valence-electron chi connectivity index (χ3n) is 4.40. The summed E-state index contributed by atoms with van der Waals surface area (Å²) in [5.41, 5.74) is 1.45. The predicted molar refractivity (Wildman–Crippen MR) is 102 cm³/mol. The maximum Gasteiger partial charge on any atom is 0.240 e. The molecule has 0 aliphatic rings. The fourth-order valence-corrected chi connectivity index (χ4v) is 3.34. The van der Waals surface area contributed by atoms with Gasteiger partial charge in [0.1, 0.15) is 0 Å². The molecule has 0 aliphatic carbocycles. The highest BCUT2D eigenvalue weighted by Crippen LogP contribution is 2.39. The van der Waals surface area contributed by atoms with E-state index < -0.39 is 0 Å². The van der Waals surface area contributed by atoms with E-state index in [0.29, 0.717) is 17.1 Å². The average molecular weight is 351 g/mol. The summed E-state index contributed by atoms with van der Waals surface area (Å²) in [7, 11) is 0. The second-order valence-electron chi connectivity index (χ2n) is 5.80. The van der Waals surface area contributed by atoms with Gasteiger partial charge in [-0.3, -0.25) is 0 Å².